The number of thiocarbonyl (C=S) groups is 1. The molecule has 0 radical (unpaired) electrons. The van der Waals surface area contributed by atoms with Gasteiger partial charge in [-0.3, -0.25) is 4.57 Å². The number of benzene rings is 2. The Morgan fingerprint density at radius 3 is 2.75 bits per heavy atom. The average molecular weight is 281 g/mol. The van der Waals surface area contributed by atoms with Crippen molar-refractivity contribution in [1.29, 1.82) is 0 Å². The molecule has 0 spiro atoms. The number of para-hydroxylation sites is 1. The van der Waals surface area contributed by atoms with Crippen LogP contribution < -0.4 is 5.32 Å². The molecular weight excluding hydrogens is 266 g/mol. The van der Waals surface area contributed by atoms with Crippen LogP contribution in [-0.4, -0.2) is 14.5 Å². The number of hydrogen-bond donors (Lipinski definition) is 1. The van der Waals surface area contributed by atoms with Crippen molar-refractivity contribution in [2.45, 2.75) is 13.8 Å². The third-order valence-corrected chi connectivity index (χ3v) is 3.34. The van der Waals surface area contributed by atoms with Crippen LogP contribution in [0.2, 0.25) is 0 Å². The normalized spacial score (nSPS) is 10.7. The Balaban J connectivity index is 2.11. The Labute approximate surface area is 123 Å². The third kappa shape index (κ3) is 2.30. The second kappa shape index (κ2) is 5.06. The van der Waals surface area contributed by atoms with Crippen molar-refractivity contribution >= 4 is 33.9 Å². The minimum absolute atomic E-state index is 0.752. The molecule has 3 rings (SSSR count). The molecule has 0 fully saturated rings. The maximum absolute atomic E-state index is 5.06. The molecule has 1 aromatic heterocycles. The van der Waals surface area contributed by atoms with Crippen molar-refractivity contribution < 1.29 is 0 Å². The van der Waals surface area contributed by atoms with E-state index in [0.29, 0.717) is 0 Å². The van der Waals surface area contributed by atoms with Gasteiger partial charge in [0, 0.05) is 5.69 Å². The molecule has 0 amide bonds. The molecule has 1 N–H and O–H groups in total. The summed E-state index contributed by atoms with van der Waals surface area (Å²) in [6.07, 6.45) is 1.86. The summed E-state index contributed by atoms with van der Waals surface area (Å²) >= 11 is 5.06. The molecule has 3 aromatic rings. The first-order valence-electron chi connectivity index (χ1n) is 6.46. The minimum atomic E-state index is 0.752. The molecule has 0 aliphatic rings. The third-order valence-electron chi connectivity index (χ3n) is 3.24. The fraction of sp³-hybridized carbons (Fsp3) is 0.125. The number of aryl methyl sites for hydroxylation is 1. The van der Waals surface area contributed by atoms with Gasteiger partial charge in [-0.05, 0) is 43.7 Å². The summed E-state index contributed by atoms with van der Waals surface area (Å²) in [5.74, 6) is 0. The molecule has 0 aliphatic carbocycles. The Bertz CT molecular complexity index is 789. The fourth-order valence-corrected chi connectivity index (χ4v) is 2.44. The second-order valence-corrected chi connectivity index (χ2v) is 5.40. The first kappa shape index (κ1) is 12.8. The Morgan fingerprint density at radius 1 is 1.20 bits per heavy atom. The van der Waals surface area contributed by atoms with E-state index in [1.54, 1.807) is 0 Å². The zero-order valence-corrected chi connectivity index (χ0v) is 12.2. The molecule has 20 heavy (non-hydrogen) atoms. The number of nitrogens with one attached hydrogen (secondary N) is 1. The van der Waals surface area contributed by atoms with Gasteiger partial charge >= 0.3 is 0 Å². The molecule has 2 aromatic carbocycles. The molecule has 0 aliphatic heterocycles. The predicted molar refractivity (Wildman–Crippen MR) is 87.7 cm³/mol. The number of nitrogens with zero attached hydrogens (tertiary/aromatic N) is 2. The molecule has 4 heteroatoms. The first-order chi connectivity index (χ1) is 9.65. The van der Waals surface area contributed by atoms with E-state index in [4.69, 9.17) is 12.2 Å². The first-order valence-corrected chi connectivity index (χ1v) is 6.86. The summed E-state index contributed by atoms with van der Waals surface area (Å²) in [4.78, 5) is 5.24. The lowest BCUT2D eigenvalue weighted by Crippen LogP contribution is -2.03. The van der Waals surface area contributed by atoms with Crippen LogP contribution in [0.5, 0.6) is 0 Å². The average Bonchev–Trinajstić information content (AvgIpc) is 2.81. The van der Waals surface area contributed by atoms with Crippen LogP contribution >= 0.6 is 12.2 Å². The Kier molecular flexibility index (Phi) is 3.24. The maximum atomic E-state index is 5.06. The van der Waals surface area contributed by atoms with E-state index in [1.165, 1.54) is 5.56 Å². The quantitative estimate of drug-likeness (QED) is 0.717. The van der Waals surface area contributed by atoms with Gasteiger partial charge in [0.25, 0.3) is 0 Å². The lowest BCUT2D eigenvalue weighted by molar-refractivity contribution is 1.07. The van der Waals surface area contributed by atoms with Crippen molar-refractivity contribution in [3.8, 4) is 5.69 Å². The van der Waals surface area contributed by atoms with E-state index in [-0.39, 0.29) is 0 Å². The van der Waals surface area contributed by atoms with Gasteiger partial charge < -0.3 is 5.32 Å². The van der Waals surface area contributed by atoms with Crippen molar-refractivity contribution in [2.75, 3.05) is 5.32 Å². The van der Waals surface area contributed by atoms with Gasteiger partial charge in [0.05, 0.1) is 21.7 Å². The van der Waals surface area contributed by atoms with Crippen molar-refractivity contribution in [3.63, 3.8) is 0 Å². The molecule has 0 unspecified atom stereocenters. The van der Waals surface area contributed by atoms with Crippen molar-refractivity contribution in [1.82, 2.24) is 9.55 Å². The summed E-state index contributed by atoms with van der Waals surface area (Å²) in [5.41, 5.74) is 5.40. The maximum Gasteiger partial charge on any atom is 0.100 e. The molecule has 0 bridgehead atoms. The van der Waals surface area contributed by atoms with E-state index in [1.807, 2.05) is 37.5 Å². The van der Waals surface area contributed by atoms with E-state index in [2.05, 4.69) is 40.0 Å². The summed E-state index contributed by atoms with van der Waals surface area (Å²) in [5, 5.41) is 3.14. The summed E-state index contributed by atoms with van der Waals surface area (Å²) in [7, 11) is 0. The topological polar surface area (TPSA) is 29.9 Å². The monoisotopic (exact) mass is 281 g/mol. The van der Waals surface area contributed by atoms with E-state index >= 15 is 0 Å². The molecule has 0 atom stereocenters. The Morgan fingerprint density at radius 2 is 2.00 bits per heavy atom. The highest BCUT2D eigenvalue weighted by Gasteiger charge is 2.07. The highest BCUT2D eigenvalue weighted by Crippen LogP contribution is 2.23. The van der Waals surface area contributed by atoms with Gasteiger partial charge in [-0.1, -0.05) is 30.4 Å². The van der Waals surface area contributed by atoms with Gasteiger partial charge in [-0.2, -0.15) is 0 Å². The number of imidazole rings is 1. The fourth-order valence-electron chi connectivity index (χ4n) is 2.32. The molecule has 0 saturated carbocycles. The molecule has 100 valence electrons. The standard InChI is InChI=1S/C16H15N3S/c1-11-5-3-4-6-15(11)19-10-17-14-9-13(18-12(2)20)7-8-16(14)19/h3-10H,1-2H3,(H,18,20). The molecule has 3 nitrogen and oxygen atoms in total. The van der Waals surface area contributed by atoms with Gasteiger partial charge in [0.2, 0.25) is 0 Å². The minimum Gasteiger partial charge on any atom is -0.350 e. The molecule has 0 saturated heterocycles. The van der Waals surface area contributed by atoms with Crippen LogP contribution in [0.1, 0.15) is 12.5 Å². The number of hydrogen-bond acceptors (Lipinski definition) is 2. The summed E-state index contributed by atoms with van der Waals surface area (Å²) < 4.78 is 2.11. The number of aromatic nitrogens is 2. The number of anilines is 1. The summed E-state index contributed by atoms with van der Waals surface area (Å²) in [6.45, 7) is 3.97. The van der Waals surface area contributed by atoms with Crippen LogP contribution in [0.4, 0.5) is 5.69 Å². The molecule has 1 heterocycles. The summed E-state index contributed by atoms with van der Waals surface area (Å²) in [6, 6.07) is 14.4. The van der Waals surface area contributed by atoms with Gasteiger partial charge in [-0.15, -0.1) is 0 Å². The zero-order valence-electron chi connectivity index (χ0n) is 11.4. The van der Waals surface area contributed by atoms with Crippen LogP contribution in [0.15, 0.2) is 48.8 Å². The highest BCUT2D eigenvalue weighted by molar-refractivity contribution is 7.80. The highest BCUT2D eigenvalue weighted by atomic mass is 32.1. The second-order valence-electron chi connectivity index (χ2n) is 4.79. The smallest absolute Gasteiger partial charge is 0.100 e. The Hall–Kier alpha value is -2.20. The lowest BCUT2D eigenvalue weighted by atomic mass is 10.2. The van der Waals surface area contributed by atoms with Crippen molar-refractivity contribution in [2.24, 2.45) is 0 Å². The molecular formula is C16H15N3S. The van der Waals surface area contributed by atoms with E-state index in [9.17, 15) is 0 Å². The van der Waals surface area contributed by atoms with Gasteiger partial charge in [0.1, 0.15) is 6.33 Å². The number of fused-ring (bicyclic) bond motifs is 1. The SMILES string of the molecule is CC(=S)Nc1ccc2c(c1)ncn2-c1ccccc1C. The van der Waals surface area contributed by atoms with Gasteiger partial charge in [-0.25, -0.2) is 4.98 Å². The van der Waals surface area contributed by atoms with E-state index in [0.717, 1.165) is 27.4 Å². The predicted octanol–water partition coefficient (Wildman–Crippen LogP) is 4.09. The van der Waals surface area contributed by atoms with Crippen LogP contribution in [0.3, 0.4) is 0 Å². The van der Waals surface area contributed by atoms with Gasteiger partial charge in [0.15, 0.2) is 0 Å². The van der Waals surface area contributed by atoms with Crippen LogP contribution in [-0.2, 0) is 0 Å². The van der Waals surface area contributed by atoms with Crippen LogP contribution in [0.25, 0.3) is 16.7 Å². The number of rotatable bonds is 2. The van der Waals surface area contributed by atoms with E-state index < -0.39 is 0 Å². The zero-order chi connectivity index (χ0) is 14.1. The van der Waals surface area contributed by atoms with Crippen molar-refractivity contribution in [3.05, 3.63) is 54.4 Å². The largest absolute Gasteiger partial charge is 0.350 e. The lowest BCUT2D eigenvalue weighted by Gasteiger charge is -2.08. The van der Waals surface area contributed by atoms with Crippen LogP contribution in [0, 0.1) is 6.92 Å².